The van der Waals surface area contributed by atoms with E-state index in [2.05, 4.69) is 0 Å². The summed E-state index contributed by atoms with van der Waals surface area (Å²) in [6.07, 6.45) is 1.72. The van der Waals surface area contributed by atoms with Gasteiger partial charge in [-0.3, -0.25) is 9.59 Å². The van der Waals surface area contributed by atoms with E-state index in [0.29, 0.717) is 12.8 Å². The molecular weight excluding hydrogens is 216 g/mol. The number of aliphatic carboxylic acids is 1. The quantitative estimate of drug-likeness (QED) is 0.870. The summed E-state index contributed by atoms with van der Waals surface area (Å²) in [6.45, 7) is 1.87. The zero-order valence-corrected chi connectivity index (χ0v) is 9.90. The number of fused-ring (bicyclic) bond motifs is 1. The first kappa shape index (κ1) is 11.8. The van der Waals surface area contributed by atoms with Crippen molar-refractivity contribution in [3.63, 3.8) is 0 Å². The third kappa shape index (κ3) is 2.09. The minimum absolute atomic E-state index is 0.0383. The second kappa shape index (κ2) is 4.32. The monoisotopic (exact) mass is 232 g/mol. The molecule has 1 aliphatic carbocycles. The fourth-order valence-electron chi connectivity index (χ4n) is 2.58. The van der Waals surface area contributed by atoms with Crippen LogP contribution in [0.4, 0.5) is 0 Å². The Balaban J connectivity index is 2.37. The summed E-state index contributed by atoms with van der Waals surface area (Å²) in [6, 6.07) is 7.86. The molecule has 1 aliphatic rings. The minimum Gasteiger partial charge on any atom is -0.481 e. The van der Waals surface area contributed by atoms with Crippen LogP contribution in [-0.2, 0) is 21.4 Å². The van der Waals surface area contributed by atoms with Gasteiger partial charge in [0, 0.05) is 12.8 Å². The molecule has 3 nitrogen and oxygen atoms in total. The van der Waals surface area contributed by atoms with Crippen LogP contribution in [0.3, 0.4) is 0 Å². The average Bonchev–Trinajstić information content (AvgIpc) is 2.32. The van der Waals surface area contributed by atoms with Crippen LogP contribution in [0.25, 0.3) is 0 Å². The number of ketones is 1. The maximum atomic E-state index is 12.1. The highest BCUT2D eigenvalue weighted by atomic mass is 16.4. The molecule has 0 fully saturated rings. The van der Waals surface area contributed by atoms with Crippen LogP contribution in [0.2, 0.25) is 0 Å². The van der Waals surface area contributed by atoms with Crippen LogP contribution in [0.15, 0.2) is 24.3 Å². The van der Waals surface area contributed by atoms with Gasteiger partial charge in [0.25, 0.3) is 0 Å². The predicted octanol–water partition coefficient (Wildman–Crippen LogP) is 2.32. The summed E-state index contributed by atoms with van der Waals surface area (Å²) in [4.78, 5) is 22.8. The fraction of sp³-hybridized carbons (Fsp3) is 0.429. The molecule has 0 saturated heterocycles. The van der Waals surface area contributed by atoms with Gasteiger partial charge in [0.2, 0.25) is 0 Å². The van der Waals surface area contributed by atoms with E-state index in [9.17, 15) is 9.59 Å². The molecular formula is C14H16O3. The maximum absolute atomic E-state index is 12.1. The lowest BCUT2D eigenvalue weighted by atomic mass is 9.68. The molecule has 1 aromatic carbocycles. The number of carbonyl (C=O) groups is 2. The average molecular weight is 232 g/mol. The Morgan fingerprint density at radius 3 is 2.76 bits per heavy atom. The Morgan fingerprint density at radius 2 is 2.06 bits per heavy atom. The molecule has 0 aromatic heterocycles. The zero-order chi connectivity index (χ0) is 12.5. The van der Waals surface area contributed by atoms with Crippen molar-refractivity contribution < 1.29 is 14.7 Å². The van der Waals surface area contributed by atoms with Gasteiger partial charge in [-0.1, -0.05) is 24.3 Å². The van der Waals surface area contributed by atoms with E-state index in [1.54, 1.807) is 0 Å². The molecule has 0 heterocycles. The van der Waals surface area contributed by atoms with Crippen molar-refractivity contribution in [2.24, 2.45) is 0 Å². The molecule has 0 saturated carbocycles. The van der Waals surface area contributed by atoms with E-state index in [1.807, 2.05) is 31.2 Å². The molecule has 0 aliphatic heterocycles. The number of rotatable bonds is 3. The van der Waals surface area contributed by atoms with Gasteiger partial charge in [-0.15, -0.1) is 0 Å². The van der Waals surface area contributed by atoms with E-state index in [1.165, 1.54) is 5.56 Å². The maximum Gasteiger partial charge on any atom is 0.303 e. The van der Waals surface area contributed by atoms with Crippen molar-refractivity contribution in [1.82, 2.24) is 0 Å². The first-order chi connectivity index (χ1) is 8.04. The van der Waals surface area contributed by atoms with Crippen molar-refractivity contribution in [2.75, 3.05) is 0 Å². The topological polar surface area (TPSA) is 54.4 Å². The fourth-order valence-corrected chi connectivity index (χ4v) is 2.58. The smallest absolute Gasteiger partial charge is 0.303 e. The molecule has 0 bridgehead atoms. The lowest BCUT2D eigenvalue weighted by molar-refractivity contribution is -0.137. The van der Waals surface area contributed by atoms with Gasteiger partial charge in [-0.25, -0.2) is 0 Å². The van der Waals surface area contributed by atoms with Crippen molar-refractivity contribution in [2.45, 2.75) is 38.0 Å². The largest absolute Gasteiger partial charge is 0.481 e. The lowest BCUT2D eigenvalue weighted by Crippen LogP contribution is -2.37. The first-order valence-electron chi connectivity index (χ1n) is 5.87. The Kier molecular flexibility index (Phi) is 3.01. The summed E-state index contributed by atoms with van der Waals surface area (Å²) < 4.78 is 0. The molecule has 0 radical (unpaired) electrons. The van der Waals surface area contributed by atoms with Crippen molar-refractivity contribution in [3.05, 3.63) is 35.4 Å². The van der Waals surface area contributed by atoms with E-state index in [4.69, 9.17) is 5.11 Å². The van der Waals surface area contributed by atoms with Crippen LogP contribution >= 0.6 is 0 Å². The molecule has 0 unspecified atom stereocenters. The van der Waals surface area contributed by atoms with Crippen LogP contribution in [0.1, 0.15) is 37.3 Å². The summed E-state index contributed by atoms with van der Waals surface area (Å²) in [5.74, 6) is -0.681. The van der Waals surface area contributed by atoms with E-state index < -0.39 is 11.4 Å². The molecule has 2 rings (SSSR count). The van der Waals surface area contributed by atoms with Crippen molar-refractivity contribution in [1.29, 1.82) is 0 Å². The molecule has 0 amide bonds. The molecule has 1 aromatic rings. The number of carboxylic acids is 1. The van der Waals surface area contributed by atoms with Gasteiger partial charge in [0.15, 0.2) is 0 Å². The third-order valence-corrected chi connectivity index (χ3v) is 3.69. The summed E-state index contributed by atoms with van der Waals surface area (Å²) >= 11 is 0. The van der Waals surface area contributed by atoms with Gasteiger partial charge >= 0.3 is 5.97 Å². The first-order valence-corrected chi connectivity index (χ1v) is 5.87. The van der Waals surface area contributed by atoms with Gasteiger partial charge in [-0.05, 0) is 30.9 Å². The lowest BCUT2D eigenvalue weighted by Gasteiger charge is -2.34. The molecule has 1 N–H and O–H groups in total. The normalized spacial score (nSPS) is 23.2. The van der Waals surface area contributed by atoms with E-state index in [-0.39, 0.29) is 12.2 Å². The summed E-state index contributed by atoms with van der Waals surface area (Å²) in [5.41, 5.74) is 1.57. The van der Waals surface area contributed by atoms with Gasteiger partial charge in [-0.2, -0.15) is 0 Å². The number of hydrogen-bond acceptors (Lipinski definition) is 2. The molecule has 90 valence electrons. The van der Waals surface area contributed by atoms with E-state index >= 15 is 0 Å². The molecule has 17 heavy (non-hydrogen) atoms. The Morgan fingerprint density at radius 1 is 1.35 bits per heavy atom. The predicted molar refractivity (Wildman–Crippen MR) is 64.0 cm³/mol. The number of aryl methyl sites for hydroxylation is 1. The second-order valence-electron chi connectivity index (χ2n) is 4.81. The van der Waals surface area contributed by atoms with Crippen LogP contribution in [-0.4, -0.2) is 16.9 Å². The third-order valence-electron chi connectivity index (χ3n) is 3.69. The van der Waals surface area contributed by atoms with Crippen LogP contribution in [0.5, 0.6) is 0 Å². The standard InChI is InChI=1S/C14H16O3/c1-14(9-8-13(16)17)11-5-3-2-4-10(11)6-7-12(14)15/h2-5H,6-9H2,1H3,(H,16,17)/t14-/m0/s1. The Bertz CT molecular complexity index is 464. The summed E-state index contributed by atoms with van der Waals surface area (Å²) in [7, 11) is 0. The second-order valence-corrected chi connectivity index (χ2v) is 4.81. The van der Waals surface area contributed by atoms with Gasteiger partial charge in [0.05, 0.1) is 5.41 Å². The van der Waals surface area contributed by atoms with Gasteiger partial charge in [0.1, 0.15) is 5.78 Å². The molecule has 3 heteroatoms. The minimum atomic E-state index is -0.845. The number of hydrogen-bond donors (Lipinski definition) is 1. The number of carboxylic acid groups (broad SMARTS) is 1. The van der Waals surface area contributed by atoms with Crippen LogP contribution < -0.4 is 0 Å². The Hall–Kier alpha value is -1.64. The van der Waals surface area contributed by atoms with E-state index in [0.717, 1.165) is 12.0 Å². The van der Waals surface area contributed by atoms with Crippen molar-refractivity contribution >= 4 is 11.8 Å². The number of benzene rings is 1. The molecule has 0 spiro atoms. The van der Waals surface area contributed by atoms with Gasteiger partial charge < -0.3 is 5.11 Å². The van der Waals surface area contributed by atoms with Crippen LogP contribution in [0, 0.1) is 0 Å². The summed E-state index contributed by atoms with van der Waals surface area (Å²) in [5, 5.41) is 8.78. The highest BCUT2D eigenvalue weighted by molar-refractivity contribution is 5.92. The number of Topliss-reactive ketones (excluding diaryl/α,β-unsaturated/α-hetero) is 1. The number of carbonyl (C=O) groups excluding carboxylic acids is 1. The Labute approximate surface area is 100 Å². The van der Waals surface area contributed by atoms with Crippen molar-refractivity contribution in [3.8, 4) is 0 Å². The molecule has 1 atom stereocenters. The zero-order valence-electron chi connectivity index (χ0n) is 9.90. The SMILES string of the molecule is C[C@@]1(CCC(=O)O)C(=O)CCc2ccccc21. The highest BCUT2D eigenvalue weighted by Gasteiger charge is 2.39. The highest BCUT2D eigenvalue weighted by Crippen LogP contribution is 2.37.